The fraction of sp³-hybridized carbons (Fsp3) is 0.120. The molecule has 1 N–H and O–H groups in total. The van der Waals surface area contributed by atoms with E-state index in [0.29, 0.717) is 33.0 Å². The van der Waals surface area contributed by atoms with Crippen molar-refractivity contribution in [2.45, 2.75) is 13.8 Å². The van der Waals surface area contributed by atoms with Crippen LogP contribution in [0.25, 0.3) is 22.1 Å². The van der Waals surface area contributed by atoms with Gasteiger partial charge in [0.05, 0.1) is 5.39 Å². The van der Waals surface area contributed by atoms with Crippen molar-refractivity contribution in [3.8, 4) is 16.9 Å². The summed E-state index contributed by atoms with van der Waals surface area (Å²) in [7, 11) is 0. The van der Waals surface area contributed by atoms with E-state index in [9.17, 15) is 9.59 Å². The summed E-state index contributed by atoms with van der Waals surface area (Å²) in [5, 5.41) is 4.00. The van der Waals surface area contributed by atoms with Gasteiger partial charge in [-0.3, -0.25) is 4.79 Å². The number of halogens is 1. The molecule has 3 aromatic carbocycles. The van der Waals surface area contributed by atoms with Crippen molar-refractivity contribution in [1.82, 2.24) is 0 Å². The first-order valence-corrected chi connectivity index (χ1v) is 10.1. The summed E-state index contributed by atoms with van der Waals surface area (Å²) in [4.78, 5) is 24.7. The number of fused-ring (bicyclic) bond motifs is 1. The second-order valence-electron chi connectivity index (χ2n) is 7.28. The second kappa shape index (κ2) is 8.66. The van der Waals surface area contributed by atoms with Gasteiger partial charge in [-0.05, 0) is 54.8 Å². The molecule has 0 spiro atoms. The molecule has 1 aromatic heterocycles. The minimum Gasteiger partial charge on any atom is -0.483 e. The van der Waals surface area contributed by atoms with E-state index in [1.807, 2.05) is 56.3 Å². The van der Waals surface area contributed by atoms with Gasteiger partial charge in [0.15, 0.2) is 6.61 Å². The number of ether oxygens (including phenoxy) is 1. The first kappa shape index (κ1) is 20.7. The molecule has 0 saturated carbocycles. The van der Waals surface area contributed by atoms with Gasteiger partial charge >= 0.3 is 5.63 Å². The molecule has 4 rings (SSSR count). The molecule has 0 aliphatic carbocycles. The van der Waals surface area contributed by atoms with Crippen LogP contribution in [0.3, 0.4) is 0 Å². The third-order valence-corrected chi connectivity index (χ3v) is 5.10. The molecule has 0 radical (unpaired) electrons. The molecular weight excluding hydrogens is 414 g/mol. The van der Waals surface area contributed by atoms with E-state index in [0.717, 1.165) is 16.7 Å². The topological polar surface area (TPSA) is 68.5 Å². The Bertz CT molecular complexity index is 1330. The summed E-state index contributed by atoms with van der Waals surface area (Å²) in [6, 6.07) is 19.9. The van der Waals surface area contributed by atoms with E-state index in [1.54, 1.807) is 18.2 Å². The van der Waals surface area contributed by atoms with Crippen LogP contribution in [0.5, 0.6) is 5.75 Å². The number of anilines is 1. The van der Waals surface area contributed by atoms with Gasteiger partial charge in [0, 0.05) is 22.3 Å². The molecule has 0 atom stereocenters. The normalized spacial score (nSPS) is 10.8. The zero-order valence-corrected chi connectivity index (χ0v) is 17.8. The smallest absolute Gasteiger partial charge is 0.336 e. The summed E-state index contributed by atoms with van der Waals surface area (Å²) < 4.78 is 11.3. The van der Waals surface area contributed by atoms with Gasteiger partial charge < -0.3 is 14.5 Å². The van der Waals surface area contributed by atoms with Crippen molar-refractivity contribution < 1.29 is 13.9 Å². The maximum atomic E-state index is 12.5. The molecule has 6 heteroatoms. The van der Waals surface area contributed by atoms with E-state index in [4.69, 9.17) is 20.8 Å². The van der Waals surface area contributed by atoms with Gasteiger partial charge in [0.2, 0.25) is 0 Å². The van der Waals surface area contributed by atoms with Crippen LogP contribution in [-0.4, -0.2) is 12.5 Å². The molecule has 1 amide bonds. The maximum Gasteiger partial charge on any atom is 0.336 e. The number of nitrogens with one attached hydrogen (secondary N) is 1. The van der Waals surface area contributed by atoms with Crippen LogP contribution in [0.1, 0.15) is 11.1 Å². The predicted molar refractivity (Wildman–Crippen MR) is 123 cm³/mol. The lowest BCUT2D eigenvalue weighted by atomic mass is 10.0. The molecule has 0 aliphatic rings. The Hall–Kier alpha value is -3.57. The Morgan fingerprint density at radius 1 is 1.03 bits per heavy atom. The fourth-order valence-corrected chi connectivity index (χ4v) is 3.58. The molecule has 0 bridgehead atoms. The Morgan fingerprint density at radius 3 is 2.58 bits per heavy atom. The maximum absolute atomic E-state index is 12.5. The average Bonchev–Trinajstić information content (AvgIpc) is 2.74. The average molecular weight is 434 g/mol. The molecule has 156 valence electrons. The Labute approximate surface area is 184 Å². The summed E-state index contributed by atoms with van der Waals surface area (Å²) in [6.45, 7) is 3.55. The van der Waals surface area contributed by atoms with Crippen molar-refractivity contribution in [3.05, 3.63) is 93.3 Å². The lowest BCUT2D eigenvalue weighted by Gasteiger charge is -2.14. The van der Waals surface area contributed by atoms with Gasteiger partial charge in [-0.2, -0.15) is 0 Å². The first-order valence-electron chi connectivity index (χ1n) is 9.73. The quantitative estimate of drug-likeness (QED) is 0.407. The first-order chi connectivity index (χ1) is 14.9. The Morgan fingerprint density at radius 2 is 1.81 bits per heavy atom. The van der Waals surface area contributed by atoms with Crippen molar-refractivity contribution in [2.24, 2.45) is 0 Å². The standard InChI is InChI=1S/C25H20ClNO4/c1-15-10-21(30-14-23(28)27-20-12-18(26)9-8-16(20)2)25-19(17-6-4-3-5-7-17)13-24(29)31-22(25)11-15/h3-13H,14H2,1-2H3,(H,27,28). The zero-order chi connectivity index (χ0) is 22.0. The largest absolute Gasteiger partial charge is 0.483 e. The SMILES string of the molecule is Cc1cc(OCC(=O)Nc2cc(Cl)ccc2C)c2c(-c3ccccc3)cc(=O)oc2c1. The predicted octanol–water partition coefficient (Wildman–Crippen LogP) is 5.75. The number of aryl methyl sites for hydroxylation is 2. The number of carbonyl (C=O) groups is 1. The molecule has 31 heavy (non-hydrogen) atoms. The highest BCUT2D eigenvalue weighted by Gasteiger charge is 2.15. The lowest BCUT2D eigenvalue weighted by molar-refractivity contribution is -0.118. The van der Waals surface area contributed by atoms with Crippen LogP contribution in [0.15, 0.2) is 75.9 Å². The minimum absolute atomic E-state index is 0.210. The van der Waals surface area contributed by atoms with Crippen molar-refractivity contribution in [3.63, 3.8) is 0 Å². The molecule has 0 aliphatic heterocycles. The van der Waals surface area contributed by atoms with Crippen molar-refractivity contribution in [2.75, 3.05) is 11.9 Å². The minimum atomic E-state index is -0.447. The van der Waals surface area contributed by atoms with Crippen LogP contribution in [0.4, 0.5) is 5.69 Å². The van der Waals surface area contributed by atoms with E-state index >= 15 is 0 Å². The van der Waals surface area contributed by atoms with Crippen molar-refractivity contribution in [1.29, 1.82) is 0 Å². The molecule has 0 unspecified atom stereocenters. The number of carbonyl (C=O) groups excluding carboxylic acids is 1. The van der Waals surface area contributed by atoms with Gasteiger partial charge in [-0.15, -0.1) is 0 Å². The van der Waals surface area contributed by atoms with E-state index in [-0.39, 0.29) is 12.5 Å². The highest BCUT2D eigenvalue weighted by molar-refractivity contribution is 6.31. The van der Waals surface area contributed by atoms with Crippen LogP contribution in [0.2, 0.25) is 5.02 Å². The number of hydrogen-bond acceptors (Lipinski definition) is 4. The Balaban J connectivity index is 1.68. The molecule has 1 heterocycles. The van der Waals surface area contributed by atoms with Crippen LogP contribution >= 0.6 is 11.6 Å². The molecular formula is C25H20ClNO4. The van der Waals surface area contributed by atoms with Crippen LogP contribution < -0.4 is 15.7 Å². The van der Waals surface area contributed by atoms with Crippen molar-refractivity contribution >= 4 is 34.2 Å². The van der Waals surface area contributed by atoms with Gasteiger partial charge in [-0.25, -0.2) is 4.79 Å². The van der Waals surface area contributed by atoms with Gasteiger partial charge in [-0.1, -0.05) is 48.0 Å². The van der Waals surface area contributed by atoms with E-state index < -0.39 is 5.63 Å². The third kappa shape index (κ3) is 4.62. The number of benzene rings is 3. The molecule has 5 nitrogen and oxygen atoms in total. The van der Waals surface area contributed by atoms with Crippen LogP contribution in [-0.2, 0) is 4.79 Å². The van der Waals surface area contributed by atoms with Gasteiger partial charge in [0.25, 0.3) is 5.91 Å². The van der Waals surface area contributed by atoms with Gasteiger partial charge in [0.1, 0.15) is 11.3 Å². The lowest BCUT2D eigenvalue weighted by Crippen LogP contribution is -2.20. The third-order valence-electron chi connectivity index (χ3n) is 4.87. The summed E-state index contributed by atoms with van der Waals surface area (Å²) in [6.07, 6.45) is 0. The summed E-state index contributed by atoms with van der Waals surface area (Å²) in [5.41, 5.74) is 3.88. The van der Waals surface area contributed by atoms with E-state index in [2.05, 4.69) is 5.32 Å². The Kier molecular flexibility index (Phi) is 5.78. The zero-order valence-electron chi connectivity index (χ0n) is 17.1. The second-order valence-corrected chi connectivity index (χ2v) is 7.71. The molecule has 4 aromatic rings. The molecule has 0 saturated heterocycles. The van der Waals surface area contributed by atoms with E-state index in [1.165, 1.54) is 6.07 Å². The number of rotatable bonds is 5. The highest BCUT2D eigenvalue weighted by atomic mass is 35.5. The van der Waals surface area contributed by atoms with Crippen LogP contribution in [0, 0.1) is 13.8 Å². The highest BCUT2D eigenvalue weighted by Crippen LogP contribution is 2.35. The number of amides is 1. The number of hydrogen-bond donors (Lipinski definition) is 1. The summed E-state index contributed by atoms with van der Waals surface area (Å²) in [5.74, 6) is 0.147. The monoisotopic (exact) mass is 433 g/mol. The summed E-state index contributed by atoms with van der Waals surface area (Å²) >= 11 is 6.03. The fourth-order valence-electron chi connectivity index (χ4n) is 3.41. The molecule has 0 fully saturated rings.